The second kappa shape index (κ2) is 36.8. The summed E-state index contributed by atoms with van der Waals surface area (Å²) in [6, 6.07) is 31.5. The van der Waals surface area contributed by atoms with Crippen LogP contribution in [0.2, 0.25) is 0 Å². The number of thiazole rings is 3. The minimum atomic E-state index is -0.771. The third-order valence-corrected chi connectivity index (χ3v) is 14.3. The second-order valence-electron chi connectivity index (χ2n) is 17.1. The zero-order valence-corrected chi connectivity index (χ0v) is 47.0. The number of aliphatic hydroxyl groups is 2. The maximum absolute atomic E-state index is 12.9. The van der Waals surface area contributed by atoms with Crippen LogP contribution in [-0.2, 0) is 56.0 Å². The van der Waals surface area contributed by atoms with Crippen molar-refractivity contribution in [2.45, 2.75) is 79.5 Å². The van der Waals surface area contributed by atoms with E-state index >= 15 is 0 Å². The van der Waals surface area contributed by atoms with Crippen molar-refractivity contribution < 1.29 is 56.1 Å². The average molecular weight is 1250 g/mol. The van der Waals surface area contributed by atoms with Crippen molar-refractivity contribution in [2.24, 2.45) is 0 Å². The highest BCUT2D eigenvalue weighted by Crippen LogP contribution is 2.30. The fourth-order valence-electron chi connectivity index (χ4n) is 6.91. The van der Waals surface area contributed by atoms with Gasteiger partial charge in [-0.2, -0.15) is 0 Å². The summed E-state index contributed by atoms with van der Waals surface area (Å²) in [4.78, 5) is 60.1. The molecular formula is C62H66BrF5N4O7S3. The summed E-state index contributed by atoms with van der Waals surface area (Å²) in [6.45, 7) is 4.22. The van der Waals surface area contributed by atoms with E-state index in [2.05, 4.69) is 35.6 Å². The van der Waals surface area contributed by atoms with Gasteiger partial charge in [-0.25, -0.2) is 41.7 Å². The third kappa shape index (κ3) is 24.7. The highest BCUT2D eigenvalue weighted by molar-refractivity contribution is 9.09. The molecule has 1 aliphatic heterocycles. The minimum absolute atomic E-state index is 0. The molecule has 0 saturated carbocycles. The fourth-order valence-corrected chi connectivity index (χ4v) is 9.99. The average Bonchev–Trinajstić information content (AvgIpc) is 4.29. The molecule has 0 saturated heterocycles. The van der Waals surface area contributed by atoms with Crippen LogP contribution in [0.4, 0.5) is 22.0 Å². The number of carbonyl (C=O) groups excluding carboxylic acids is 4. The Labute approximate surface area is 496 Å². The van der Waals surface area contributed by atoms with Gasteiger partial charge in [-0.3, -0.25) is 4.79 Å². The number of ether oxygens (including phenoxy) is 1. The molecule has 3 aromatic heterocycles. The number of aldehydes is 2. The Morgan fingerprint density at radius 2 is 1.07 bits per heavy atom. The predicted molar refractivity (Wildman–Crippen MR) is 323 cm³/mol. The number of likely N-dealkylation sites (N-methyl/N-ethyl adjacent to an activating group) is 1. The molecule has 11 nitrogen and oxygen atoms in total. The summed E-state index contributed by atoms with van der Waals surface area (Å²) >= 11 is 7.63. The molecule has 0 fully saturated rings. The molecule has 2 N–H and O–H groups in total. The molecule has 4 heterocycles. The predicted octanol–water partition coefficient (Wildman–Crippen LogP) is 15.3. The first kappa shape index (κ1) is 70.6. The van der Waals surface area contributed by atoms with Crippen LogP contribution in [0.1, 0.15) is 93.1 Å². The molecular weight excluding hydrogens is 1180 g/mol. The topological polar surface area (TPSA) is 160 Å². The van der Waals surface area contributed by atoms with Crippen molar-refractivity contribution in [3.63, 3.8) is 0 Å². The van der Waals surface area contributed by atoms with Crippen LogP contribution in [-0.4, -0.2) is 79.5 Å². The number of hydrogen-bond acceptors (Lipinski definition) is 13. The molecule has 0 aliphatic carbocycles. The number of benzene rings is 5. The van der Waals surface area contributed by atoms with Gasteiger partial charge in [0.1, 0.15) is 51.7 Å². The first-order valence-electron chi connectivity index (χ1n) is 24.2. The number of nitrogens with zero attached hydrogens (tertiary/aromatic N) is 4. The van der Waals surface area contributed by atoms with Gasteiger partial charge in [0.25, 0.3) is 5.91 Å². The molecule has 5 aromatic carbocycles. The lowest BCUT2D eigenvalue weighted by Gasteiger charge is -2.05. The smallest absolute Gasteiger partial charge is 0.373 e. The van der Waals surface area contributed by atoms with E-state index in [1.165, 1.54) is 99.2 Å². The van der Waals surface area contributed by atoms with Crippen molar-refractivity contribution >= 4 is 86.0 Å². The first-order chi connectivity index (χ1) is 37.9. The number of aliphatic hydroxyl groups excluding tert-OH is 2. The van der Waals surface area contributed by atoms with E-state index in [-0.39, 0.29) is 74.5 Å². The van der Waals surface area contributed by atoms with Crippen molar-refractivity contribution in [3.8, 4) is 0 Å². The molecule has 82 heavy (non-hydrogen) atoms. The number of aryl methyl sites for hydroxylation is 2. The molecule has 0 spiro atoms. The van der Waals surface area contributed by atoms with Gasteiger partial charge in [-0.15, -0.1) is 34.0 Å². The molecule has 0 bridgehead atoms. The summed E-state index contributed by atoms with van der Waals surface area (Å²) in [5, 5.41) is 21.6. The zero-order chi connectivity index (χ0) is 57.3. The number of halogens is 6. The van der Waals surface area contributed by atoms with Crippen LogP contribution in [0.3, 0.4) is 0 Å². The van der Waals surface area contributed by atoms with Gasteiger partial charge in [0, 0.05) is 72.0 Å². The summed E-state index contributed by atoms with van der Waals surface area (Å²) in [7, 11) is 1.64. The fraction of sp³-hybridized carbons (Fsp3) is 0.242. The van der Waals surface area contributed by atoms with E-state index in [1.807, 2.05) is 25.3 Å². The Hall–Kier alpha value is -7.52. The number of aromatic nitrogens is 3. The summed E-state index contributed by atoms with van der Waals surface area (Å²) in [6.07, 6.45) is 12.1. The first-order valence-corrected chi connectivity index (χ1v) is 27.6. The van der Waals surface area contributed by atoms with E-state index in [0.717, 1.165) is 61.6 Å². The summed E-state index contributed by atoms with van der Waals surface area (Å²) in [5.41, 5.74) is 5.59. The van der Waals surface area contributed by atoms with Crippen LogP contribution >= 0.6 is 49.9 Å². The second-order valence-corrected chi connectivity index (χ2v) is 21.9. The summed E-state index contributed by atoms with van der Waals surface area (Å²) < 4.78 is 67.8. The number of amides is 1. The van der Waals surface area contributed by atoms with Gasteiger partial charge in [0.2, 0.25) is 5.76 Å². The van der Waals surface area contributed by atoms with Crippen molar-refractivity contribution in [1.29, 1.82) is 0 Å². The van der Waals surface area contributed by atoms with Gasteiger partial charge in [-0.05, 0) is 115 Å². The maximum atomic E-state index is 12.9. The molecule has 1 atom stereocenters. The molecule has 9 rings (SSSR count). The monoisotopic (exact) mass is 1250 g/mol. The normalized spacial score (nSPS) is 11.7. The number of carbonyl (C=O) groups is 4. The standard InChI is InChI=1S/C15H13FN2O2S.C15H14FNO3S.C11H10FNS.C9H8BrFO.C9H9FO.3CH4/c1-18-8-12(13(19)15(18)20)14-17-7-11(21-14)6-9-2-4-10(16)5-3-9;1-2-20-15(19)13(18)8-14-17-9-12(21-14)7-10-3-5-11(16)6-4-10;1-8-13-7-11(14-8)6-9-2-4-10(12)5-3-9;10-8(6-12)5-7-1-3-9(11)4-2-7;10-9-5-3-8(4-6-9)2-1-7-11;;;/h2-5,7,19H,6,8H2,1H3;3-6,8-9,18H,2,7H2,1H3;2-5,7H,6H2,1H3;1-4,6,8H,5H2;3-7H,1-2H2;3*1H4/b;13-8-;;;;;;. The van der Waals surface area contributed by atoms with Crippen LogP contribution in [0.15, 0.2) is 151 Å². The SMILES string of the molecule is C.C.C.CCOC(=O)/C(O)=C/c1ncc(Cc2ccc(F)cc2)s1.CN1CC(c2ncc(Cc3ccc(F)cc3)s2)=C(O)C1=O.Cc1ncc(Cc2ccc(F)cc2)s1.O=CC(Br)Cc1ccc(F)cc1.O=CCCc1ccc(F)cc1. The molecule has 1 aliphatic rings. The van der Waals surface area contributed by atoms with Gasteiger partial charge in [0.05, 0.1) is 28.6 Å². The van der Waals surface area contributed by atoms with Gasteiger partial charge in [-0.1, -0.05) is 98.9 Å². The van der Waals surface area contributed by atoms with E-state index < -0.39 is 11.7 Å². The van der Waals surface area contributed by atoms with E-state index in [9.17, 15) is 51.3 Å². The molecule has 0 radical (unpaired) electrons. The molecule has 436 valence electrons. The van der Waals surface area contributed by atoms with Crippen LogP contribution in [0.5, 0.6) is 0 Å². The molecule has 20 heteroatoms. The lowest BCUT2D eigenvalue weighted by Crippen LogP contribution is -2.21. The van der Waals surface area contributed by atoms with Gasteiger partial charge >= 0.3 is 5.97 Å². The molecule has 1 unspecified atom stereocenters. The van der Waals surface area contributed by atoms with E-state index in [4.69, 9.17) is 0 Å². The Morgan fingerprint density at radius 3 is 1.48 bits per heavy atom. The highest BCUT2D eigenvalue weighted by Gasteiger charge is 2.30. The number of alkyl halides is 1. The molecule has 8 aromatic rings. The third-order valence-electron chi connectivity index (χ3n) is 10.9. The van der Waals surface area contributed by atoms with Gasteiger partial charge in [0.15, 0.2) is 5.76 Å². The van der Waals surface area contributed by atoms with Crippen molar-refractivity contribution in [3.05, 3.63) is 238 Å². The number of esters is 1. The Balaban J connectivity index is 0.000000355. The Morgan fingerprint density at radius 1 is 0.659 bits per heavy atom. The van der Waals surface area contributed by atoms with Crippen molar-refractivity contribution in [1.82, 2.24) is 19.9 Å². The Kier molecular flexibility index (Phi) is 31.6. The highest BCUT2D eigenvalue weighted by atomic mass is 79.9. The van der Waals surface area contributed by atoms with Crippen LogP contribution < -0.4 is 0 Å². The van der Waals surface area contributed by atoms with Crippen LogP contribution in [0.25, 0.3) is 11.6 Å². The number of rotatable bonds is 16. The van der Waals surface area contributed by atoms with E-state index in [1.54, 1.807) is 86.2 Å². The zero-order valence-electron chi connectivity index (χ0n) is 43.0. The number of hydrogen-bond donors (Lipinski definition) is 2. The molecule has 1 amide bonds. The lowest BCUT2D eigenvalue weighted by atomic mass is 10.1. The van der Waals surface area contributed by atoms with Crippen LogP contribution in [0, 0.1) is 36.0 Å². The Bertz CT molecular complexity index is 3260. The largest absolute Gasteiger partial charge is 0.503 e. The van der Waals surface area contributed by atoms with E-state index in [0.29, 0.717) is 54.2 Å². The summed E-state index contributed by atoms with van der Waals surface area (Å²) in [5.74, 6) is -3.05. The maximum Gasteiger partial charge on any atom is 0.373 e. The van der Waals surface area contributed by atoms with Gasteiger partial charge < -0.3 is 29.4 Å². The quantitative estimate of drug-likeness (QED) is 0.0238. The lowest BCUT2D eigenvalue weighted by molar-refractivity contribution is -0.141. The van der Waals surface area contributed by atoms with Crippen molar-refractivity contribution in [2.75, 3.05) is 20.2 Å². The minimum Gasteiger partial charge on any atom is -0.503 e.